The van der Waals surface area contributed by atoms with Crippen molar-refractivity contribution >= 4 is 40.8 Å². The van der Waals surface area contributed by atoms with Gasteiger partial charge in [0.25, 0.3) is 0 Å². The van der Waals surface area contributed by atoms with Crippen LogP contribution in [0.2, 0.25) is 10.0 Å². The van der Waals surface area contributed by atoms with Gasteiger partial charge in [-0.1, -0.05) is 23.2 Å². The van der Waals surface area contributed by atoms with Gasteiger partial charge in [-0.15, -0.1) is 0 Å². The summed E-state index contributed by atoms with van der Waals surface area (Å²) in [7, 11) is 0. The van der Waals surface area contributed by atoms with Crippen LogP contribution >= 0.6 is 23.2 Å². The first-order chi connectivity index (χ1) is 13.2. The number of hydrogen-bond donors (Lipinski definition) is 0. The minimum Gasteiger partial charge on any atom is -0.455 e. The van der Waals surface area contributed by atoms with Gasteiger partial charge in [-0.2, -0.15) is 0 Å². The number of anilines is 1. The number of nitrogens with zero attached hydrogens (tertiary/aromatic N) is 2. The molecule has 3 aromatic rings. The Morgan fingerprint density at radius 2 is 1.70 bits per heavy atom. The lowest BCUT2D eigenvalue weighted by Gasteiger charge is -2.28. The maximum atomic E-state index is 6.23. The van der Waals surface area contributed by atoms with Gasteiger partial charge in [-0.3, -0.25) is 4.99 Å². The standard InChI is InChI=1S/C21H18Cl2N2O2/c22-15-1-7-20(23)19(13-15)21-8-6-18(27-21)14-24-16-2-4-17(5-3-16)25-9-11-26-12-10-25/h1-8,13-14H,9-12H2. The van der Waals surface area contributed by atoms with E-state index in [2.05, 4.69) is 22.0 Å². The fourth-order valence-corrected chi connectivity index (χ4v) is 3.35. The van der Waals surface area contributed by atoms with E-state index in [1.54, 1.807) is 24.4 Å². The van der Waals surface area contributed by atoms with E-state index >= 15 is 0 Å². The highest BCUT2D eigenvalue weighted by atomic mass is 35.5. The third-order valence-electron chi connectivity index (χ3n) is 4.39. The molecular weight excluding hydrogens is 383 g/mol. The van der Waals surface area contributed by atoms with Crippen molar-refractivity contribution in [2.75, 3.05) is 31.2 Å². The number of morpholine rings is 1. The third-order valence-corrected chi connectivity index (χ3v) is 4.95. The SMILES string of the molecule is Clc1ccc(Cl)c(-c2ccc(C=Nc3ccc(N4CCOCC4)cc3)o2)c1. The first kappa shape index (κ1) is 18.1. The molecule has 0 saturated carbocycles. The van der Waals surface area contributed by atoms with Crippen molar-refractivity contribution in [2.45, 2.75) is 0 Å². The first-order valence-corrected chi connectivity index (χ1v) is 9.47. The fourth-order valence-electron chi connectivity index (χ4n) is 2.96. The molecule has 27 heavy (non-hydrogen) atoms. The third kappa shape index (κ3) is 4.35. The van der Waals surface area contributed by atoms with E-state index in [1.165, 1.54) is 5.69 Å². The fraction of sp³-hybridized carbons (Fsp3) is 0.190. The second-order valence-electron chi connectivity index (χ2n) is 6.20. The quantitative estimate of drug-likeness (QED) is 0.516. The lowest BCUT2D eigenvalue weighted by molar-refractivity contribution is 0.122. The summed E-state index contributed by atoms with van der Waals surface area (Å²) in [5, 5.41) is 1.21. The Hall–Kier alpha value is -2.27. The molecular formula is C21H18Cl2N2O2. The molecule has 1 saturated heterocycles. The predicted molar refractivity (Wildman–Crippen MR) is 111 cm³/mol. The Bertz CT molecular complexity index is 945. The van der Waals surface area contributed by atoms with Gasteiger partial charge in [-0.25, -0.2) is 0 Å². The van der Waals surface area contributed by atoms with Crippen molar-refractivity contribution in [1.82, 2.24) is 0 Å². The zero-order valence-corrected chi connectivity index (χ0v) is 16.1. The maximum Gasteiger partial charge on any atom is 0.145 e. The van der Waals surface area contributed by atoms with Gasteiger partial charge >= 0.3 is 0 Å². The molecule has 1 aromatic heterocycles. The molecule has 0 bridgehead atoms. The van der Waals surface area contributed by atoms with E-state index in [4.69, 9.17) is 32.4 Å². The van der Waals surface area contributed by atoms with Gasteiger partial charge in [0.2, 0.25) is 0 Å². The van der Waals surface area contributed by atoms with Crippen LogP contribution < -0.4 is 4.90 Å². The number of benzene rings is 2. The van der Waals surface area contributed by atoms with Crippen molar-refractivity contribution < 1.29 is 9.15 Å². The molecule has 0 unspecified atom stereocenters. The molecule has 0 aliphatic carbocycles. The predicted octanol–water partition coefficient (Wildman–Crippen LogP) is 5.84. The minimum atomic E-state index is 0.593. The van der Waals surface area contributed by atoms with Crippen molar-refractivity contribution in [1.29, 1.82) is 0 Å². The van der Waals surface area contributed by atoms with Crippen molar-refractivity contribution in [3.05, 3.63) is 70.4 Å². The minimum absolute atomic E-state index is 0.593. The largest absolute Gasteiger partial charge is 0.455 e. The van der Waals surface area contributed by atoms with Crippen LogP contribution in [0, 0.1) is 0 Å². The van der Waals surface area contributed by atoms with E-state index < -0.39 is 0 Å². The highest BCUT2D eigenvalue weighted by molar-refractivity contribution is 6.35. The van der Waals surface area contributed by atoms with Gasteiger partial charge in [-0.05, 0) is 54.6 Å². The zero-order chi connectivity index (χ0) is 18.6. The molecule has 4 nitrogen and oxygen atoms in total. The van der Waals surface area contributed by atoms with Gasteiger partial charge < -0.3 is 14.1 Å². The summed E-state index contributed by atoms with van der Waals surface area (Å²) in [5.74, 6) is 1.31. The van der Waals surface area contributed by atoms with Crippen molar-refractivity contribution in [3.8, 4) is 11.3 Å². The lowest BCUT2D eigenvalue weighted by Crippen LogP contribution is -2.36. The molecule has 0 N–H and O–H groups in total. The van der Waals surface area contributed by atoms with Gasteiger partial charge in [0.15, 0.2) is 0 Å². The molecule has 2 aromatic carbocycles. The Labute approximate surface area is 168 Å². The maximum absolute atomic E-state index is 6.23. The number of halogens is 2. The average molecular weight is 401 g/mol. The van der Waals surface area contributed by atoms with Crippen LogP contribution in [-0.4, -0.2) is 32.5 Å². The summed E-state index contributed by atoms with van der Waals surface area (Å²) in [4.78, 5) is 6.80. The Kier molecular flexibility index (Phi) is 5.48. The van der Waals surface area contributed by atoms with Crippen LogP contribution in [0.25, 0.3) is 11.3 Å². The summed E-state index contributed by atoms with van der Waals surface area (Å²) >= 11 is 12.3. The summed E-state index contributed by atoms with van der Waals surface area (Å²) < 4.78 is 11.2. The molecule has 0 spiro atoms. The highest BCUT2D eigenvalue weighted by Crippen LogP contribution is 2.31. The summed E-state index contributed by atoms with van der Waals surface area (Å²) in [5.41, 5.74) is 2.82. The lowest BCUT2D eigenvalue weighted by atomic mass is 10.2. The van der Waals surface area contributed by atoms with Gasteiger partial charge in [0.05, 0.1) is 30.1 Å². The Balaban J connectivity index is 1.47. The molecule has 138 valence electrons. The Morgan fingerprint density at radius 3 is 2.48 bits per heavy atom. The molecule has 6 heteroatoms. The molecule has 2 heterocycles. The monoisotopic (exact) mass is 400 g/mol. The van der Waals surface area contributed by atoms with Crippen LogP contribution in [0.4, 0.5) is 11.4 Å². The van der Waals surface area contributed by atoms with Crippen LogP contribution in [0.3, 0.4) is 0 Å². The molecule has 0 radical (unpaired) electrons. The van der Waals surface area contributed by atoms with Crippen LogP contribution in [0.5, 0.6) is 0 Å². The molecule has 1 aliphatic heterocycles. The smallest absolute Gasteiger partial charge is 0.145 e. The second-order valence-corrected chi connectivity index (χ2v) is 7.04. The number of ether oxygens (including phenoxy) is 1. The van der Waals surface area contributed by atoms with Crippen LogP contribution in [-0.2, 0) is 4.74 Å². The summed E-state index contributed by atoms with van der Waals surface area (Å²) in [6.07, 6.45) is 1.70. The van der Waals surface area contributed by atoms with E-state index in [9.17, 15) is 0 Å². The zero-order valence-electron chi connectivity index (χ0n) is 14.6. The molecule has 1 aliphatic rings. The number of hydrogen-bond acceptors (Lipinski definition) is 4. The topological polar surface area (TPSA) is 38.0 Å². The summed E-state index contributed by atoms with van der Waals surface area (Å²) in [6, 6.07) is 17.2. The van der Waals surface area contributed by atoms with Crippen LogP contribution in [0.1, 0.15) is 5.76 Å². The first-order valence-electron chi connectivity index (χ1n) is 8.71. The number of rotatable bonds is 4. The summed E-state index contributed by atoms with van der Waals surface area (Å²) in [6.45, 7) is 3.39. The molecule has 1 fully saturated rings. The van der Waals surface area contributed by atoms with E-state index in [1.807, 2.05) is 24.3 Å². The molecule has 0 amide bonds. The van der Waals surface area contributed by atoms with E-state index in [0.717, 1.165) is 37.6 Å². The highest BCUT2D eigenvalue weighted by Gasteiger charge is 2.11. The van der Waals surface area contributed by atoms with Gasteiger partial charge in [0, 0.05) is 29.4 Å². The number of aliphatic imine (C=N–C) groups is 1. The molecule has 4 rings (SSSR count). The Morgan fingerprint density at radius 1 is 0.926 bits per heavy atom. The van der Waals surface area contributed by atoms with Gasteiger partial charge in [0.1, 0.15) is 11.5 Å². The van der Waals surface area contributed by atoms with Crippen molar-refractivity contribution in [2.24, 2.45) is 4.99 Å². The van der Waals surface area contributed by atoms with Crippen LogP contribution in [0.15, 0.2) is 64.0 Å². The average Bonchev–Trinajstić information content (AvgIpc) is 3.18. The molecule has 0 atom stereocenters. The second kappa shape index (κ2) is 8.17. The van der Waals surface area contributed by atoms with E-state index in [-0.39, 0.29) is 0 Å². The number of furan rings is 1. The van der Waals surface area contributed by atoms with Crippen molar-refractivity contribution in [3.63, 3.8) is 0 Å². The normalized spacial score (nSPS) is 14.8. The van der Waals surface area contributed by atoms with E-state index in [0.29, 0.717) is 21.6 Å².